The number of imidazole rings is 1. The van der Waals surface area contributed by atoms with Crippen LogP contribution >= 0.6 is 11.6 Å². The molecule has 170 valence electrons. The third-order valence-corrected chi connectivity index (χ3v) is 6.54. The van der Waals surface area contributed by atoms with Gasteiger partial charge in [-0.1, -0.05) is 67.4 Å². The molecule has 0 N–H and O–H groups in total. The lowest BCUT2D eigenvalue weighted by molar-refractivity contribution is 0.0601. The SMILES string of the molecule is CCCCc1nc2c(C)c(Cl)c(C)nc2n1Cc1ccc(-c2ccccc2C(=O)OC)cc1. The van der Waals surface area contributed by atoms with Crippen LogP contribution in [0.3, 0.4) is 0 Å². The van der Waals surface area contributed by atoms with Crippen molar-refractivity contribution in [1.82, 2.24) is 14.5 Å². The Morgan fingerprint density at radius 1 is 1.06 bits per heavy atom. The number of benzene rings is 2. The molecule has 0 amide bonds. The van der Waals surface area contributed by atoms with Crippen molar-refractivity contribution < 1.29 is 9.53 Å². The number of nitrogens with zero attached hydrogens (tertiary/aromatic N) is 3. The molecule has 2 aromatic carbocycles. The first-order chi connectivity index (χ1) is 15.9. The average Bonchev–Trinajstić information content (AvgIpc) is 3.18. The van der Waals surface area contributed by atoms with Crippen molar-refractivity contribution in [3.8, 4) is 11.1 Å². The second-order valence-electron chi connectivity index (χ2n) is 8.26. The van der Waals surface area contributed by atoms with Gasteiger partial charge >= 0.3 is 5.97 Å². The maximum absolute atomic E-state index is 12.2. The summed E-state index contributed by atoms with van der Waals surface area (Å²) in [6.45, 7) is 6.80. The molecule has 6 heteroatoms. The van der Waals surface area contributed by atoms with Gasteiger partial charge in [-0.25, -0.2) is 14.8 Å². The van der Waals surface area contributed by atoms with E-state index in [2.05, 4.69) is 23.6 Å². The number of carbonyl (C=O) groups is 1. The zero-order valence-electron chi connectivity index (χ0n) is 19.5. The highest BCUT2D eigenvalue weighted by Crippen LogP contribution is 2.29. The van der Waals surface area contributed by atoms with E-state index in [0.29, 0.717) is 17.1 Å². The third kappa shape index (κ3) is 4.51. The molecule has 5 nitrogen and oxygen atoms in total. The second kappa shape index (κ2) is 9.75. The number of rotatable bonds is 7. The van der Waals surface area contributed by atoms with E-state index in [1.807, 2.05) is 44.2 Å². The largest absolute Gasteiger partial charge is 0.465 e. The van der Waals surface area contributed by atoms with Gasteiger partial charge in [0.2, 0.25) is 0 Å². The highest BCUT2D eigenvalue weighted by atomic mass is 35.5. The molecule has 0 fully saturated rings. The molecule has 0 unspecified atom stereocenters. The summed E-state index contributed by atoms with van der Waals surface area (Å²) in [5.41, 5.74) is 7.07. The van der Waals surface area contributed by atoms with Crippen molar-refractivity contribution in [2.75, 3.05) is 7.11 Å². The summed E-state index contributed by atoms with van der Waals surface area (Å²) in [6.07, 6.45) is 3.07. The summed E-state index contributed by atoms with van der Waals surface area (Å²) in [4.78, 5) is 21.9. The molecule has 0 saturated carbocycles. The first kappa shape index (κ1) is 23.0. The minimum absolute atomic E-state index is 0.337. The average molecular weight is 462 g/mol. The van der Waals surface area contributed by atoms with E-state index in [1.165, 1.54) is 7.11 Å². The van der Waals surface area contributed by atoms with Gasteiger partial charge in [-0.3, -0.25) is 0 Å². The Balaban J connectivity index is 1.71. The molecule has 0 radical (unpaired) electrons. The van der Waals surface area contributed by atoms with Crippen LogP contribution in [0.2, 0.25) is 5.02 Å². The highest BCUT2D eigenvalue weighted by Gasteiger charge is 2.18. The molecule has 0 atom stereocenters. The van der Waals surface area contributed by atoms with Crippen LogP contribution in [0.4, 0.5) is 0 Å². The quantitative estimate of drug-likeness (QED) is 0.293. The Labute approximate surface area is 199 Å². The van der Waals surface area contributed by atoms with Gasteiger partial charge in [0.25, 0.3) is 0 Å². The maximum atomic E-state index is 12.2. The van der Waals surface area contributed by atoms with Crippen molar-refractivity contribution >= 4 is 28.7 Å². The van der Waals surface area contributed by atoms with Crippen LogP contribution in [0.25, 0.3) is 22.3 Å². The molecule has 0 aliphatic heterocycles. The fourth-order valence-electron chi connectivity index (χ4n) is 4.12. The summed E-state index contributed by atoms with van der Waals surface area (Å²) in [5.74, 6) is 0.694. The maximum Gasteiger partial charge on any atom is 0.338 e. The molecular formula is C27H28ClN3O2. The number of aryl methyl sites for hydroxylation is 3. The smallest absolute Gasteiger partial charge is 0.338 e. The summed E-state index contributed by atoms with van der Waals surface area (Å²) in [7, 11) is 1.40. The van der Waals surface area contributed by atoms with Crippen LogP contribution in [-0.2, 0) is 17.7 Å². The number of ether oxygens (including phenoxy) is 1. The van der Waals surface area contributed by atoms with Crippen molar-refractivity contribution in [1.29, 1.82) is 0 Å². The summed E-state index contributed by atoms with van der Waals surface area (Å²) < 4.78 is 7.15. The molecule has 0 bridgehead atoms. The first-order valence-electron chi connectivity index (χ1n) is 11.2. The zero-order valence-corrected chi connectivity index (χ0v) is 20.2. The zero-order chi connectivity index (χ0) is 23.5. The molecule has 4 rings (SSSR count). The lowest BCUT2D eigenvalue weighted by atomic mass is 9.98. The number of pyridine rings is 1. The van der Waals surface area contributed by atoms with Gasteiger partial charge in [0.05, 0.1) is 29.9 Å². The molecule has 0 spiro atoms. The normalized spacial score (nSPS) is 11.2. The molecule has 0 saturated heterocycles. The number of carbonyl (C=O) groups excluding carboxylic acids is 1. The number of methoxy groups -OCH3 is 1. The van der Waals surface area contributed by atoms with E-state index in [4.69, 9.17) is 26.3 Å². The monoisotopic (exact) mass is 461 g/mol. The Kier molecular flexibility index (Phi) is 6.80. The van der Waals surface area contributed by atoms with Gasteiger partial charge < -0.3 is 9.30 Å². The highest BCUT2D eigenvalue weighted by molar-refractivity contribution is 6.32. The lowest BCUT2D eigenvalue weighted by Gasteiger charge is -2.12. The van der Waals surface area contributed by atoms with E-state index in [9.17, 15) is 4.79 Å². The van der Waals surface area contributed by atoms with Gasteiger partial charge in [-0.05, 0) is 48.6 Å². The number of fused-ring (bicyclic) bond motifs is 1. The summed E-state index contributed by atoms with van der Waals surface area (Å²) in [6, 6.07) is 15.8. The van der Waals surface area contributed by atoms with E-state index in [1.54, 1.807) is 6.07 Å². The van der Waals surface area contributed by atoms with Gasteiger partial charge in [0.1, 0.15) is 11.3 Å². The van der Waals surface area contributed by atoms with Gasteiger partial charge in [-0.2, -0.15) is 0 Å². The van der Waals surface area contributed by atoms with Gasteiger partial charge in [-0.15, -0.1) is 0 Å². The Morgan fingerprint density at radius 3 is 2.48 bits per heavy atom. The molecule has 0 aliphatic carbocycles. The van der Waals surface area contributed by atoms with Crippen LogP contribution in [-0.4, -0.2) is 27.6 Å². The van der Waals surface area contributed by atoms with Crippen molar-refractivity contribution in [2.45, 2.75) is 46.6 Å². The molecule has 4 aromatic rings. The lowest BCUT2D eigenvalue weighted by Crippen LogP contribution is -2.07. The summed E-state index contributed by atoms with van der Waals surface area (Å²) >= 11 is 6.46. The topological polar surface area (TPSA) is 57.0 Å². The standard InChI is InChI=1S/C27H28ClN3O2/c1-5-6-11-23-30-25-17(2)24(28)18(3)29-26(25)31(23)16-19-12-14-20(15-13-19)21-9-7-8-10-22(21)27(32)33-4/h7-10,12-15H,5-6,11,16H2,1-4H3. The fourth-order valence-corrected chi connectivity index (χ4v) is 4.26. The third-order valence-electron chi connectivity index (χ3n) is 5.99. The van der Waals surface area contributed by atoms with E-state index < -0.39 is 0 Å². The number of aromatic nitrogens is 3. The van der Waals surface area contributed by atoms with E-state index in [-0.39, 0.29) is 5.97 Å². The first-order valence-corrected chi connectivity index (χ1v) is 11.6. The second-order valence-corrected chi connectivity index (χ2v) is 8.64. The van der Waals surface area contributed by atoms with Crippen LogP contribution in [0.15, 0.2) is 48.5 Å². The van der Waals surface area contributed by atoms with Crippen LogP contribution in [0.5, 0.6) is 0 Å². The van der Waals surface area contributed by atoms with E-state index >= 15 is 0 Å². The Morgan fingerprint density at radius 2 is 1.79 bits per heavy atom. The Bertz CT molecular complexity index is 1310. The predicted octanol–water partition coefficient (Wildman–Crippen LogP) is 6.55. The van der Waals surface area contributed by atoms with Gasteiger partial charge in [0, 0.05) is 6.42 Å². The van der Waals surface area contributed by atoms with Crippen molar-refractivity contribution in [3.63, 3.8) is 0 Å². The number of unbranched alkanes of at least 4 members (excludes halogenated alkanes) is 1. The van der Waals surface area contributed by atoms with Gasteiger partial charge in [0.15, 0.2) is 5.65 Å². The summed E-state index contributed by atoms with van der Waals surface area (Å²) in [5, 5.41) is 0.683. The van der Waals surface area contributed by atoms with Crippen molar-refractivity contribution in [2.24, 2.45) is 0 Å². The van der Waals surface area contributed by atoms with Crippen LogP contribution in [0, 0.1) is 13.8 Å². The number of hydrogen-bond donors (Lipinski definition) is 0. The number of halogens is 1. The molecule has 0 aliphatic rings. The molecule has 2 aromatic heterocycles. The molecule has 2 heterocycles. The van der Waals surface area contributed by atoms with Crippen LogP contribution in [0.1, 0.15) is 52.8 Å². The predicted molar refractivity (Wildman–Crippen MR) is 133 cm³/mol. The van der Waals surface area contributed by atoms with E-state index in [0.717, 1.165) is 64.2 Å². The number of esters is 1. The number of hydrogen-bond acceptors (Lipinski definition) is 4. The Hall–Kier alpha value is -3.18. The minimum Gasteiger partial charge on any atom is -0.465 e. The molecular weight excluding hydrogens is 434 g/mol. The molecule has 33 heavy (non-hydrogen) atoms. The fraction of sp³-hybridized carbons (Fsp3) is 0.296. The minimum atomic E-state index is -0.337. The van der Waals surface area contributed by atoms with Crippen LogP contribution < -0.4 is 0 Å². The van der Waals surface area contributed by atoms with Crippen molar-refractivity contribution in [3.05, 3.63) is 81.8 Å².